The van der Waals surface area contributed by atoms with Gasteiger partial charge in [-0.3, -0.25) is 0 Å². The fourth-order valence-electron chi connectivity index (χ4n) is 0.349. The zero-order valence-electron chi connectivity index (χ0n) is 6.57. The van der Waals surface area contributed by atoms with Crippen LogP contribution in [0.5, 0.6) is 0 Å². The van der Waals surface area contributed by atoms with Crippen LogP contribution >= 0.6 is 0 Å². The molecule has 0 saturated carbocycles. The summed E-state index contributed by atoms with van der Waals surface area (Å²) in [5.41, 5.74) is 1.89. The van der Waals surface area contributed by atoms with Gasteiger partial charge in [0.2, 0.25) is 0 Å². The summed E-state index contributed by atoms with van der Waals surface area (Å²) in [6.07, 6.45) is 3.65. The summed E-state index contributed by atoms with van der Waals surface area (Å²) in [6, 6.07) is 0. The molecular formula is C10H12. The molecule has 0 spiro atoms. The summed E-state index contributed by atoms with van der Waals surface area (Å²) in [6.45, 7) is 11.1. The van der Waals surface area contributed by atoms with Crippen LogP contribution in [0.15, 0.2) is 36.5 Å². The summed E-state index contributed by atoms with van der Waals surface area (Å²) in [7, 11) is 0. The van der Waals surface area contributed by atoms with E-state index in [4.69, 9.17) is 0 Å². The molecule has 0 aliphatic carbocycles. The van der Waals surface area contributed by atoms with Crippen LogP contribution in [0.4, 0.5) is 0 Å². The summed E-state index contributed by atoms with van der Waals surface area (Å²) >= 11 is 0. The highest BCUT2D eigenvalue weighted by atomic mass is 13.7. The van der Waals surface area contributed by atoms with Gasteiger partial charge < -0.3 is 0 Å². The van der Waals surface area contributed by atoms with E-state index < -0.39 is 0 Å². The summed E-state index contributed by atoms with van der Waals surface area (Å²) in [5.74, 6) is 5.65. The Bertz CT molecular complexity index is 218. The molecule has 0 aliphatic heterocycles. The minimum absolute atomic E-state index is 0.881. The average Bonchev–Trinajstić information content (AvgIpc) is 1.79. The van der Waals surface area contributed by atoms with Gasteiger partial charge in [0.1, 0.15) is 0 Å². The predicted octanol–water partition coefficient (Wildman–Crippen LogP) is 2.70. The van der Waals surface area contributed by atoms with Crippen molar-refractivity contribution in [2.75, 3.05) is 0 Å². The highest BCUT2D eigenvalue weighted by molar-refractivity contribution is 5.31. The van der Waals surface area contributed by atoms with Gasteiger partial charge in [-0.15, -0.1) is 0 Å². The van der Waals surface area contributed by atoms with Crippen molar-refractivity contribution in [3.63, 3.8) is 0 Å². The van der Waals surface area contributed by atoms with E-state index in [1.165, 1.54) is 0 Å². The molecule has 0 bridgehead atoms. The topological polar surface area (TPSA) is 0 Å². The smallest absolute Gasteiger partial charge is 0.00790 e. The Morgan fingerprint density at radius 2 is 1.90 bits per heavy atom. The van der Waals surface area contributed by atoms with E-state index in [0.717, 1.165) is 11.1 Å². The van der Waals surface area contributed by atoms with Crippen LogP contribution in [-0.2, 0) is 0 Å². The lowest BCUT2D eigenvalue weighted by atomic mass is 10.3. The minimum Gasteiger partial charge on any atom is -0.0961 e. The molecule has 0 heterocycles. The van der Waals surface area contributed by atoms with Gasteiger partial charge in [0, 0.05) is 0 Å². The summed E-state index contributed by atoms with van der Waals surface area (Å²) in [4.78, 5) is 0. The molecule has 0 atom stereocenters. The van der Waals surface area contributed by atoms with E-state index in [2.05, 4.69) is 25.0 Å². The fourth-order valence-corrected chi connectivity index (χ4v) is 0.349. The molecule has 0 N–H and O–H groups in total. The largest absolute Gasteiger partial charge is 0.0961 e. The van der Waals surface area contributed by atoms with E-state index in [0.29, 0.717) is 0 Å². The van der Waals surface area contributed by atoms with Gasteiger partial charge in [0.05, 0.1) is 0 Å². The quantitative estimate of drug-likeness (QED) is 0.380. The molecule has 52 valence electrons. The van der Waals surface area contributed by atoms with Gasteiger partial charge in [-0.25, -0.2) is 0 Å². The van der Waals surface area contributed by atoms with Gasteiger partial charge >= 0.3 is 0 Å². The predicted molar refractivity (Wildman–Crippen MR) is 46.5 cm³/mol. The maximum atomic E-state index is 3.69. The van der Waals surface area contributed by atoms with Crippen molar-refractivity contribution in [2.45, 2.75) is 13.8 Å². The molecule has 0 rings (SSSR count). The SMILES string of the molecule is C=C(C)C#CC=CC(=C)C. The third-order valence-electron chi connectivity index (χ3n) is 0.737. The lowest BCUT2D eigenvalue weighted by Crippen LogP contribution is -1.61. The number of rotatable bonds is 1. The Morgan fingerprint density at radius 3 is 2.30 bits per heavy atom. The van der Waals surface area contributed by atoms with Gasteiger partial charge in [-0.1, -0.05) is 36.6 Å². The Kier molecular flexibility index (Phi) is 4.07. The lowest BCUT2D eigenvalue weighted by Gasteiger charge is -1.78. The third kappa shape index (κ3) is 6.78. The van der Waals surface area contributed by atoms with Crippen LogP contribution in [0, 0.1) is 11.8 Å². The van der Waals surface area contributed by atoms with Crippen molar-refractivity contribution in [2.24, 2.45) is 0 Å². The van der Waals surface area contributed by atoms with Gasteiger partial charge in [-0.2, -0.15) is 0 Å². The van der Waals surface area contributed by atoms with E-state index in [9.17, 15) is 0 Å². The van der Waals surface area contributed by atoms with Crippen LogP contribution in [0.25, 0.3) is 0 Å². The highest BCUT2D eigenvalue weighted by Crippen LogP contribution is 1.87. The maximum Gasteiger partial charge on any atom is -0.00790 e. The van der Waals surface area contributed by atoms with Crippen LogP contribution in [0.1, 0.15) is 13.8 Å². The fraction of sp³-hybridized carbons (Fsp3) is 0.200. The van der Waals surface area contributed by atoms with Crippen molar-refractivity contribution >= 4 is 0 Å². The van der Waals surface area contributed by atoms with E-state index in [-0.39, 0.29) is 0 Å². The van der Waals surface area contributed by atoms with Crippen molar-refractivity contribution in [1.82, 2.24) is 0 Å². The Morgan fingerprint density at radius 1 is 1.30 bits per heavy atom. The first-order chi connectivity index (χ1) is 4.63. The number of hydrogen-bond acceptors (Lipinski definition) is 0. The third-order valence-corrected chi connectivity index (χ3v) is 0.737. The van der Waals surface area contributed by atoms with Crippen LogP contribution in [0.3, 0.4) is 0 Å². The average molecular weight is 132 g/mol. The van der Waals surface area contributed by atoms with Crippen molar-refractivity contribution < 1.29 is 0 Å². The van der Waals surface area contributed by atoms with Crippen LogP contribution < -0.4 is 0 Å². The molecule has 10 heavy (non-hydrogen) atoms. The first-order valence-electron chi connectivity index (χ1n) is 3.12. The Labute approximate surface area is 63.0 Å². The molecule has 0 aromatic rings. The molecule has 0 aromatic heterocycles. The zero-order valence-corrected chi connectivity index (χ0v) is 6.57. The highest BCUT2D eigenvalue weighted by Gasteiger charge is 1.69. The molecular weight excluding hydrogens is 120 g/mol. The lowest BCUT2D eigenvalue weighted by molar-refractivity contribution is 1.57. The second kappa shape index (κ2) is 4.64. The first kappa shape index (κ1) is 8.78. The minimum atomic E-state index is 0.881. The van der Waals surface area contributed by atoms with Crippen LogP contribution in [-0.4, -0.2) is 0 Å². The maximum absolute atomic E-state index is 3.69. The second-order valence-electron chi connectivity index (χ2n) is 2.23. The van der Waals surface area contributed by atoms with Gasteiger partial charge in [0.15, 0.2) is 0 Å². The molecule has 0 saturated heterocycles. The summed E-state index contributed by atoms with van der Waals surface area (Å²) in [5, 5.41) is 0. The van der Waals surface area contributed by atoms with E-state index in [1.807, 2.05) is 19.9 Å². The molecule has 0 fully saturated rings. The molecule has 0 nitrogen and oxygen atoms in total. The zero-order chi connectivity index (χ0) is 7.98. The van der Waals surface area contributed by atoms with Crippen molar-refractivity contribution in [3.8, 4) is 11.8 Å². The molecule has 0 radical (unpaired) electrons. The number of allylic oxidation sites excluding steroid dienone is 4. The normalized spacial score (nSPS) is 8.60. The van der Waals surface area contributed by atoms with Crippen LogP contribution in [0.2, 0.25) is 0 Å². The number of hydrogen-bond donors (Lipinski definition) is 0. The monoisotopic (exact) mass is 132 g/mol. The van der Waals surface area contributed by atoms with Crippen molar-refractivity contribution in [3.05, 3.63) is 36.5 Å². The molecule has 0 aliphatic rings. The van der Waals surface area contributed by atoms with Gasteiger partial charge in [0.25, 0.3) is 0 Å². The molecule has 0 aromatic carbocycles. The molecule has 0 unspecified atom stereocenters. The first-order valence-corrected chi connectivity index (χ1v) is 3.12. The second-order valence-corrected chi connectivity index (χ2v) is 2.23. The molecule has 0 amide bonds. The molecule has 0 heteroatoms. The summed E-state index contributed by atoms with van der Waals surface area (Å²) < 4.78 is 0. The Hall–Kier alpha value is -1.22. The van der Waals surface area contributed by atoms with E-state index in [1.54, 1.807) is 6.08 Å². The van der Waals surface area contributed by atoms with E-state index >= 15 is 0 Å². The van der Waals surface area contributed by atoms with Gasteiger partial charge in [-0.05, 0) is 25.5 Å². The Balaban J connectivity index is 3.87. The van der Waals surface area contributed by atoms with Crippen molar-refractivity contribution in [1.29, 1.82) is 0 Å². The standard InChI is InChI=1S/C10H12/c1-9(2)7-5-6-8-10(3)4/h5,7H,1,3H2,2,4H3.